The molecule has 0 bridgehead atoms. The lowest BCUT2D eigenvalue weighted by atomic mass is 9.85. The van der Waals surface area contributed by atoms with Gasteiger partial charge in [-0.2, -0.15) is 0 Å². The van der Waals surface area contributed by atoms with Gasteiger partial charge in [-0.15, -0.1) is 0 Å². The first-order valence-corrected chi connectivity index (χ1v) is 8.66. The molecule has 0 aliphatic carbocycles. The molecular formula is C18H26N4O2. The lowest BCUT2D eigenvalue weighted by molar-refractivity contribution is -0.130. The fourth-order valence-electron chi connectivity index (χ4n) is 3.98. The van der Waals surface area contributed by atoms with Crippen LogP contribution in [0.2, 0.25) is 0 Å². The highest BCUT2D eigenvalue weighted by Gasteiger charge is 2.46. The van der Waals surface area contributed by atoms with E-state index in [4.69, 9.17) is 0 Å². The van der Waals surface area contributed by atoms with Crippen molar-refractivity contribution in [1.82, 2.24) is 19.7 Å². The van der Waals surface area contributed by atoms with E-state index in [9.17, 15) is 9.59 Å². The van der Waals surface area contributed by atoms with Crippen LogP contribution in [-0.4, -0.2) is 70.8 Å². The summed E-state index contributed by atoms with van der Waals surface area (Å²) in [4.78, 5) is 34.6. The third kappa shape index (κ3) is 3.59. The van der Waals surface area contributed by atoms with Crippen molar-refractivity contribution in [1.29, 1.82) is 0 Å². The van der Waals surface area contributed by atoms with E-state index >= 15 is 0 Å². The highest BCUT2D eigenvalue weighted by Crippen LogP contribution is 2.35. The van der Waals surface area contributed by atoms with Gasteiger partial charge in [0.2, 0.25) is 11.8 Å². The Balaban J connectivity index is 1.80. The molecule has 1 atom stereocenters. The van der Waals surface area contributed by atoms with Crippen LogP contribution in [0.3, 0.4) is 0 Å². The van der Waals surface area contributed by atoms with Gasteiger partial charge in [0, 0.05) is 77.0 Å². The highest BCUT2D eigenvalue weighted by molar-refractivity contribution is 5.80. The number of amides is 2. The zero-order chi connectivity index (χ0) is 17.2. The fourth-order valence-corrected chi connectivity index (χ4v) is 3.98. The van der Waals surface area contributed by atoms with Gasteiger partial charge in [0.1, 0.15) is 0 Å². The molecule has 0 aromatic carbocycles. The first-order valence-electron chi connectivity index (χ1n) is 8.66. The Kier molecular flexibility index (Phi) is 4.85. The molecule has 1 aromatic heterocycles. The molecule has 0 N–H and O–H groups in total. The van der Waals surface area contributed by atoms with Crippen molar-refractivity contribution in [2.45, 2.75) is 26.8 Å². The molecule has 3 rings (SSSR count). The third-order valence-corrected chi connectivity index (χ3v) is 5.16. The van der Waals surface area contributed by atoms with Crippen molar-refractivity contribution in [2.24, 2.45) is 5.41 Å². The van der Waals surface area contributed by atoms with Gasteiger partial charge in [-0.25, -0.2) is 0 Å². The molecule has 24 heavy (non-hydrogen) atoms. The molecule has 6 nitrogen and oxygen atoms in total. The molecule has 2 aliphatic rings. The number of aromatic nitrogens is 1. The second kappa shape index (κ2) is 6.89. The van der Waals surface area contributed by atoms with Gasteiger partial charge in [0.25, 0.3) is 0 Å². The van der Waals surface area contributed by atoms with Crippen LogP contribution in [0, 0.1) is 5.41 Å². The molecule has 1 aromatic rings. The summed E-state index contributed by atoms with van der Waals surface area (Å²) >= 11 is 0. The van der Waals surface area contributed by atoms with E-state index in [1.165, 1.54) is 5.56 Å². The maximum atomic E-state index is 12.3. The Hall–Kier alpha value is -1.95. The molecular weight excluding hydrogens is 304 g/mol. The Morgan fingerprint density at radius 2 is 1.96 bits per heavy atom. The third-order valence-electron chi connectivity index (χ3n) is 5.16. The predicted octanol–water partition coefficient (Wildman–Crippen LogP) is 0.984. The van der Waals surface area contributed by atoms with E-state index in [1.54, 1.807) is 6.92 Å². The number of hydrogen-bond donors (Lipinski definition) is 0. The summed E-state index contributed by atoms with van der Waals surface area (Å²) in [6.07, 6.45) is 4.16. The second-order valence-corrected chi connectivity index (χ2v) is 7.09. The zero-order valence-electron chi connectivity index (χ0n) is 14.6. The van der Waals surface area contributed by atoms with E-state index in [0.29, 0.717) is 13.0 Å². The molecule has 2 aliphatic heterocycles. The summed E-state index contributed by atoms with van der Waals surface area (Å²) in [5.74, 6) is 0.314. The molecule has 0 radical (unpaired) electrons. The maximum Gasteiger partial charge on any atom is 0.223 e. The van der Waals surface area contributed by atoms with Crippen LogP contribution in [0.5, 0.6) is 0 Å². The summed E-state index contributed by atoms with van der Waals surface area (Å²) in [5.41, 5.74) is 1.07. The van der Waals surface area contributed by atoms with Crippen molar-refractivity contribution in [3.63, 3.8) is 0 Å². The van der Waals surface area contributed by atoms with Gasteiger partial charge >= 0.3 is 0 Å². The summed E-state index contributed by atoms with van der Waals surface area (Å²) in [5, 5.41) is 0. The monoisotopic (exact) mass is 330 g/mol. The predicted molar refractivity (Wildman–Crippen MR) is 91.1 cm³/mol. The van der Waals surface area contributed by atoms with Crippen molar-refractivity contribution >= 4 is 11.8 Å². The quantitative estimate of drug-likeness (QED) is 0.829. The van der Waals surface area contributed by atoms with Gasteiger partial charge in [-0.3, -0.25) is 19.5 Å². The van der Waals surface area contributed by atoms with Crippen molar-refractivity contribution in [3.05, 3.63) is 30.1 Å². The summed E-state index contributed by atoms with van der Waals surface area (Å²) in [7, 11) is 0. The van der Waals surface area contributed by atoms with E-state index in [2.05, 4.69) is 9.88 Å². The number of hydrogen-bond acceptors (Lipinski definition) is 4. The largest absolute Gasteiger partial charge is 0.342 e. The average Bonchev–Trinajstić information content (AvgIpc) is 2.75. The second-order valence-electron chi connectivity index (χ2n) is 7.09. The summed E-state index contributed by atoms with van der Waals surface area (Å²) in [6.45, 7) is 9.05. The summed E-state index contributed by atoms with van der Waals surface area (Å²) < 4.78 is 0. The molecule has 2 saturated heterocycles. The number of nitrogens with zero attached hydrogens (tertiary/aromatic N) is 4. The molecule has 3 heterocycles. The lowest BCUT2D eigenvalue weighted by Crippen LogP contribution is -2.43. The minimum atomic E-state index is -0.151. The lowest BCUT2D eigenvalue weighted by Gasteiger charge is -2.33. The van der Waals surface area contributed by atoms with Crippen LogP contribution in [0.1, 0.15) is 25.8 Å². The first-order chi connectivity index (χ1) is 11.5. The van der Waals surface area contributed by atoms with Gasteiger partial charge in [0.05, 0.1) is 0 Å². The zero-order valence-corrected chi connectivity index (χ0v) is 14.6. The maximum absolute atomic E-state index is 12.3. The van der Waals surface area contributed by atoms with Crippen molar-refractivity contribution < 1.29 is 9.59 Å². The van der Waals surface area contributed by atoms with Crippen LogP contribution in [-0.2, 0) is 16.1 Å². The molecule has 2 fully saturated rings. The Bertz CT molecular complexity index is 606. The van der Waals surface area contributed by atoms with Gasteiger partial charge in [0.15, 0.2) is 0 Å². The summed E-state index contributed by atoms with van der Waals surface area (Å²) in [6, 6.07) is 4.05. The highest BCUT2D eigenvalue weighted by atomic mass is 16.2. The number of carbonyl (C=O) groups is 2. The van der Waals surface area contributed by atoms with Crippen LogP contribution in [0.25, 0.3) is 0 Å². The van der Waals surface area contributed by atoms with E-state index in [-0.39, 0.29) is 17.2 Å². The molecule has 130 valence electrons. The van der Waals surface area contributed by atoms with Crippen molar-refractivity contribution in [2.75, 3.05) is 39.3 Å². The van der Waals surface area contributed by atoms with Gasteiger partial charge in [-0.05, 0) is 24.6 Å². The fraction of sp³-hybridized carbons (Fsp3) is 0.611. The van der Waals surface area contributed by atoms with Crippen LogP contribution in [0.15, 0.2) is 24.5 Å². The Morgan fingerprint density at radius 3 is 2.58 bits per heavy atom. The standard InChI is InChI=1S/C18H26N4O2/c1-3-21-13-18(10-17(21)24)12-20(8-9-22(14-18)15(2)23)11-16-4-6-19-7-5-16/h4-7H,3,8-14H2,1-2H3. The molecule has 1 spiro atoms. The minimum absolute atomic E-state index is 0.0996. The topological polar surface area (TPSA) is 56.8 Å². The van der Waals surface area contributed by atoms with E-state index in [1.807, 2.05) is 41.2 Å². The molecule has 0 saturated carbocycles. The number of pyridine rings is 1. The normalized spacial score (nSPS) is 25.3. The SMILES string of the molecule is CCN1CC2(CC1=O)CN(Cc1ccncc1)CCN(C(C)=O)C2. The number of likely N-dealkylation sites (tertiary alicyclic amines) is 1. The smallest absolute Gasteiger partial charge is 0.223 e. The number of carbonyl (C=O) groups excluding carboxylic acids is 2. The Labute approximate surface area is 143 Å². The van der Waals surface area contributed by atoms with Crippen LogP contribution < -0.4 is 0 Å². The van der Waals surface area contributed by atoms with Crippen molar-refractivity contribution in [3.8, 4) is 0 Å². The molecule has 6 heteroatoms. The van der Waals surface area contributed by atoms with Gasteiger partial charge in [-0.1, -0.05) is 0 Å². The Morgan fingerprint density at radius 1 is 1.21 bits per heavy atom. The van der Waals surface area contributed by atoms with Gasteiger partial charge < -0.3 is 9.80 Å². The molecule has 2 amide bonds. The minimum Gasteiger partial charge on any atom is -0.342 e. The van der Waals surface area contributed by atoms with E-state index in [0.717, 1.165) is 39.3 Å². The number of rotatable bonds is 3. The first kappa shape index (κ1) is 16.9. The van der Waals surface area contributed by atoms with Crippen LogP contribution >= 0.6 is 0 Å². The van der Waals surface area contributed by atoms with Crippen LogP contribution in [0.4, 0.5) is 0 Å². The molecule has 1 unspecified atom stereocenters. The average molecular weight is 330 g/mol. The van der Waals surface area contributed by atoms with E-state index < -0.39 is 0 Å².